The molecule has 0 bridgehead atoms. The average molecular weight is 310 g/mol. The third-order valence-corrected chi connectivity index (χ3v) is 4.37. The van der Waals surface area contributed by atoms with Crippen molar-refractivity contribution in [3.05, 3.63) is 65.7 Å². The summed E-state index contributed by atoms with van der Waals surface area (Å²) in [4.78, 5) is 2.62. The van der Waals surface area contributed by atoms with Crippen molar-refractivity contribution < 1.29 is 0 Å². The second kappa shape index (κ2) is 9.36. The molecular weight excluding hydrogens is 280 g/mol. The Labute approximate surface area is 141 Å². The molecule has 0 saturated carbocycles. The topological polar surface area (TPSA) is 29.3 Å². The molecule has 124 valence electrons. The molecule has 2 heteroatoms. The molecule has 2 aromatic carbocycles. The number of nitrogens with two attached hydrogens (primary N) is 1. The van der Waals surface area contributed by atoms with E-state index in [-0.39, 0.29) is 0 Å². The maximum Gasteiger partial charge on any atom is 0.0316 e. The summed E-state index contributed by atoms with van der Waals surface area (Å²) >= 11 is 0. The maximum absolute atomic E-state index is 5.86. The standard InChI is InChI=1S/C21H30N2/c1-3-14-23(18(2)16-19-9-5-4-6-10-19)15-8-12-20-11-7-13-21(22)17-20/h4-7,9-11,13,17-18H,3,8,12,14-16,22H2,1-2H3. The van der Waals surface area contributed by atoms with Crippen LogP contribution in [0, 0.1) is 0 Å². The minimum absolute atomic E-state index is 0.582. The van der Waals surface area contributed by atoms with Crippen LogP contribution in [-0.2, 0) is 12.8 Å². The summed E-state index contributed by atoms with van der Waals surface area (Å²) in [5, 5.41) is 0. The zero-order valence-corrected chi connectivity index (χ0v) is 14.5. The molecule has 2 rings (SSSR count). The molecule has 2 aromatic rings. The second-order valence-electron chi connectivity index (χ2n) is 6.42. The SMILES string of the molecule is CCCN(CCCc1cccc(N)c1)C(C)Cc1ccccc1. The molecule has 23 heavy (non-hydrogen) atoms. The Morgan fingerprint density at radius 3 is 2.39 bits per heavy atom. The van der Waals surface area contributed by atoms with Crippen LogP contribution < -0.4 is 5.73 Å². The number of rotatable bonds is 9. The van der Waals surface area contributed by atoms with E-state index in [0.717, 1.165) is 25.1 Å². The molecule has 1 unspecified atom stereocenters. The first-order chi connectivity index (χ1) is 11.2. The Morgan fingerprint density at radius 1 is 0.957 bits per heavy atom. The summed E-state index contributed by atoms with van der Waals surface area (Å²) in [6.07, 6.45) is 4.61. The Morgan fingerprint density at radius 2 is 1.70 bits per heavy atom. The highest BCUT2D eigenvalue weighted by molar-refractivity contribution is 5.40. The van der Waals surface area contributed by atoms with Gasteiger partial charge in [-0.15, -0.1) is 0 Å². The van der Waals surface area contributed by atoms with Gasteiger partial charge in [0.05, 0.1) is 0 Å². The molecule has 0 heterocycles. The number of aryl methyl sites for hydroxylation is 1. The molecule has 0 amide bonds. The molecule has 0 aliphatic heterocycles. The predicted molar refractivity (Wildman–Crippen MR) is 101 cm³/mol. The van der Waals surface area contributed by atoms with Gasteiger partial charge in [-0.05, 0) is 69.0 Å². The van der Waals surface area contributed by atoms with Crippen molar-refractivity contribution in [3.8, 4) is 0 Å². The minimum Gasteiger partial charge on any atom is -0.399 e. The van der Waals surface area contributed by atoms with Crippen LogP contribution in [0.3, 0.4) is 0 Å². The van der Waals surface area contributed by atoms with E-state index in [1.54, 1.807) is 0 Å². The summed E-state index contributed by atoms with van der Waals surface area (Å²) in [7, 11) is 0. The highest BCUT2D eigenvalue weighted by Gasteiger charge is 2.13. The Balaban J connectivity index is 1.85. The summed E-state index contributed by atoms with van der Waals surface area (Å²) in [6.45, 7) is 6.94. The summed E-state index contributed by atoms with van der Waals surface area (Å²) in [6, 6.07) is 19.7. The first-order valence-corrected chi connectivity index (χ1v) is 8.81. The zero-order chi connectivity index (χ0) is 16.5. The zero-order valence-electron chi connectivity index (χ0n) is 14.5. The van der Waals surface area contributed by atoms with Crippen LogP contribution >= 0.6 is 0 Å². The average Bonchev–Trinajstić information content (AvgIpc) is 2.55. The lowest BCUT2D eigenvalue weighted by Gasteiger charge is -2.29. The van der Waals surface area contributed by atoms with E-state index in [1.807, 2.05) is 12.1 Å². The van der Waals surface area contributed by atoms with Crippen molar-refractivity contribution in [2.75, 3.05) is 18.8 Å². The molecule has 0 spiro atoms. The van der Waals surface area contributed by atoms with E-state index in [2.05, 4.69) is 61.2 Å². The number of benzene rings is 2. The van der Waals surface area contributed by atoms with Crippen LogP contribution in [0.4, 0.5) is 5.69 Å². The molecule has 0 aliphatic carbocycles. The van der Waals surface area contributed by atoms with Crippen molar-refractivity contribution in [2.24, 2.45) is 0 Å². The first-order valence-electron chi connectivity index (χ1n) is 8.81. The first kappa shape index (κ1) is 17.6. The lowest BCUT2D eigenvalue weighted by molar-refractivity contribution is 0.205. The van der Waals surface area contributed by atoms with Gasteiger partial charge in [0.2, 0.25) is 0 Å². The predicted octanol–water partition coefficient (Wildman–Crippen LogP) is 4.54. The van der Waals surface area contributed by atoms with E-state index in [9.17, 15) is 0 Å². The van der Waals surface area contributed by atoms with Gasteiger partial charge in [0, 0.05) is 11.7 Å². The van der Waals surface area contributed by atoms with Crippen LogP contribution in [0.15, 0.2) is 54.6 Å². The summed E-state index contributed by atoms with van der Waals surface area (Å²) in [5.74, 6) is 0. The smallest absolute Gasteiger partial charge is 0.0316 e. The molecule has 0 radical (unpaired) electrons. The van der Waals surface area contributed by atoms with E-state index < -0.39 is 0 Å². The Bertz CT molecular complexity index is 565. The van der Waals surface area contributed by atoms with Gasteiger partial charge in [-0.1, -0.05) is 49.4 Å². The number of nitrogens with zero attached hydrogens (tertiary/aromatic N) is 1. The fraction of sp³-hybridized carbons (Fsp3) is 0.429. The number of nitrogen functional groups attached to an aromatic ring is 1. The molecule has 1 atom stereocenters. The largest absolute Gasteiger partial charge is 0.399 e. The van der Waals surface area contributed by atoms with Gasteiger partial charge < -0.3 is 10.6 Å². The fourth-order valence-corrected chi connectivity index (χ4v) is 3.16. The van der Waals surface area contributed by atoms with E-state index in [1.165, 1.54) is 30.5 Å². The molecule has 0 aliphatic rings. The van der Waals surface area contributed by atoms with Gasteiger partial charge in [0.1, 0.15) is 0 Å². The maximum atomic E-state index is 5.86. The molecule has 2 N–H and O–H groups in total. The van der Waals surface area contributed by atoms with Gasteiger partial charge in [0.25, 0.3) is 0 Å². The normalized spacial score (nSPS) is 12.5. The van der Waals surface area contributed by atoms with Crippen molar-refractivity contribution in [1.82, 2.24) is 4.90 Å². The van der Waals surface area contributed by atoms with Gasteiger partial charge in [0.15, 0.2) is 0 Å². The van der Waals surface area contributed by atoms with Crippen LogP contribution in [0.2, 0.25) is 0 Å². The lowest BCUT2D eigenvalue weighted by atomic mass is 10.0. The quantitative estimate of drug-likeness (QED) is 0.689. The van der Waals surface area contributed by atoms with Gasteiger partial charge in [-0.2, -0.15) is 0 Å². The number of anilines is 1. The molecular formula is C21H30N2. The fourth-order valence-electron chi connectivity index (χ4n) is 3.16. The third kappa shape index (κ3) is 6.07. The summed E-state index contributed by atoms with van der Waals surface area (Å²) < 4.78 is 0. The van der Waals surface area contributed by atoms with Crippen molar-refractivity contribution in [2.45, 2.75) is 45.6 Å². The van der Waals surface area contributed by atoms with Crippen LogP contribution in [0.1, 0.15) is 37.8 Å². The Kier molecular flexibility index (Phi) is 7.15. The van der Waals surface area contributed by atoms with E-state index in [0.29, 0.717) is 6.04 Å². The summed E-state index contributed by atoms with van der Waals surface area (Å²) in [5.41, 5.74) is 9.50. The van der Waals surface area contributed by atoms with Crippen LogP contribution in [-0.4, -0.2) is 24.0 Å². The van der Waals surface area contributed by atoms with Crippen molar-refractivity contribution in [1.29, 1.82) is 0 Å². The van der Waals surface area contributed by atoms with Crippen LogP contribution in [0.25, 0.3) is 0 Å². The van der Waals surface area contributed by atoms with Gasteiger partial charge in [-0.25, -0.2) is 0 Å². The lowest BCUT2D eigenvalue weighted by Crippen LogP contribution is -2.36. The highest BCUT2D eigenvalue weighted by Crippen LogP contribution is 2.13. The second-order valence-corrected chi connectivity index (χ2v) is 6.42. The Hall–Kier alpha value is -1.80. The van der Waals surface area contributed by atoms with Gasteiger partial charge in [-0.3, -0.25) is 0 Å². The molecule has 0 fully saturated rings. The minimum atomic E-state index is 0.582. The van der Waals surface area contributed by atoms with Crippen LogP contribution in [0.5, 0.6) is 0 Å². The monoisotopic (exact) mass is 310 g/mol. The van der Waals surface area contributed by atoms with E-state index >= 15 is 0 Å². The molecule has 2 nitrogen and oxygen atoms in total. The molecule has 0 saturated heterocycles. The third-order valence-electron chi connectivity index (χ3n) is 4.37. The van der Waals surface area contributed by atoms with Crippen molar-refractivity contribution >= 4 is 5.69 Å². The van der Waals surface area contributed by atoms with Crippen molar-refractivity contribution in [3.63, 3.8) is 0 Å². The number of hydrogen-bond acceptors (Lipinski definition) is 2. The van der Waals surface area contributed by atoms with Gasteiger partial charge >= 0.3 is 0 Å². The molecule has 0 aromatic heterocycles. The van der Waals surface area contributed by atoms with E-state index in [4.69, 9.17) is 5.73 Å². The highest BCUT2D eigenvalue weighted by atomic mass is 15.1. The number of hydrogen-bond donors (Lipinski definition) is 1.